The third-order valence-electron chi connectivity index (χ3n) is 11.7. The van der Waals surface area contributed by atoms with E-state index in [9.17, 15) is 24.3 Å². The van der Waals surface area contributed by atoms with Gasteiger partial charge in [0.15, 0.2) is 17.7 Å². The molecule has 14 nitrogen and oxygen atoms in total. The molecule has 5 aliphatic rings. The van der Waals surface area contributed by atoms with Crippen LogP contribution in [0.25, 0.3) is 5.57 Å². The summed E-state index contributed by atoms with van der Waals surface area (Å²) < 4.78 is 29.0. The summed E-state index contributed by atoms with van der Waals surface area (Å²) in [6.45, 7) is 10.1. The predicted octanol–water partition coefficient (Wildman–Crippen LogP) is 6.71. The topological polar surface area (TPSA) is 148 Å². The molecule has 3 atom stereocenters. The quantitative estimate of drug-likeness (QED) is 0.155. The van der Waals surface area contributed by atoms with E-state index in [4.69, 9.17) is 23.7 Å². The lowest BCUT2D eigenvalue weighted by molar-refractivity contribution is 0.0496. The van der Waals surface area contributed by atoms with Crippen LogP contribution in [0.15, 0.2) is 86.1 Å². The second kappa shape index (κ2) is 16.2. The van der Waals surface area contributed by atoms with E-state index in [0.29, 0.717) is 54.3 Å². The number of benzene rings is 3. The first kappa shape index (κ1) is 39.5. The molecule has 59 heavy (non-hydrogen) atoms. The number of amides is 4. The maximum atomic E-state index is 14.2. The zero-order valence-electron chi connectivity index (χ0n) is 33.3. The number of ether oxygens (including phenoxy) is 5. The van der Waals surface area contributed by atoms with Crippen molar-refractivity contribution in [1.82, 2.24) is 9.80 Å². The lowest BCUT2D eigenvalue weighted by Crippen LogP contribution is -2.50. The van der Waals surface area contributed by atoms with Gasteiger partial charge in [0.2, 0.25) is 0 Å². The first-order valence-electron chi connectivity index (χ1n) is 19.9. The molecule has 1 saturated carbocycles. The summed E-state index contributed by atoms with van der Waals surface area (Å²) in [5, 5.41) is 11.6. The highest BCUT2D eigenvalue weighted by atomic mass is 16.6. The van der Waals surface area contributed by atoms with E-state index in [-0.39, 0.29) is 73.1 Å². The van der Waals surface area contributed by atoms with Gasteiger partial charge >= 0.3 is 12.2 Å². The number of hydrogen-bond donors (Lipinski definition) is 1. The molecular weight excluding hydrogens is 757 g/mol. The minimum absolute atomic E-state index is 0.00236. The second-order valence-electron chi connectivity index (χ2n) is 15.6. The van der Waals surface area contributed by atoms with E-state index < -0.39 is 24.5 Å². The third-order valence-corrected chi connectivity index (χ3v) is 11.7. The zero-order chi connectivity index (χ0) is 41.4. The van der Waals surface area contributed by atoms with Crippen LogP contribution in [0.4, 0.5) is 21.0 Å². The maximum absolute atomic E-state index is 14.2. The SMILES string of the molecule is C=CCOC(=O)N1C[C@@H]2CC(c3ccccc3)=CN2C(=O)c2cc(OC)c(OCCCOc3cc4c(cc3C)C(=O)N3CC5(CC5)C[C@H]3C(O)N4C(=O)OCC=C)cc21. The molecule has 14 heteroatoms. The Morgan fingerprint density at radius 2 is 1.56 bits per heavy atom. The number of methoxy groups -OCH3 is 1. The summed E-state index contributed by atoms with van der Waals surface area (Å²) in [4.78, 5) is 61.1. The molecule has 1 saturated heterocycles. The Morgan fingerprint density at radius 3 is 2.25 bits per heavy atom. The van der Waals surface area contributed by atoms with E-state index in [1.807, 2.05) is 43.5 Å². The van der Waals surface area contributed by atoms with E-state index in [1.54, 1.807) is 34.1 Å². The lowest BCUT2D eigenvalue weighted by atomic mass is 10.0. The monoisotopic (exact) mass is 804 g/mol. The third kappa shape index (κ3) is 7.48. The van der Waals surface area contributed by atoms with Gasteiger partial charge in [-0.15, -0.1) is 0 Å². The van der Waals surface area contributed by atoms with Crippen LogP contribution in [0.3, 0.4) is 0 Å². The van der Waals surface area contributed by atoms with Crippen LogP contribution < -0.4 is 24.0 Å². The predicted molar refractivity (Wildman–Crippen MR) is 219 cm³/mol. The summed E-state index contributed by atoms with van der Waals surface area (Å²) in [6.07, 6.45) is 5.58. The summed E-state index contributed by atoms with van der Waals surface area (Å²) in [7, 11) is 1.48. The largest absolute Gasteiger partial charge is 0.493 e. The number of rotatable bonds is 12. The molecule has 3 aromatic rings. The minimum Gasteiger partial charge on any atom is -0.493 e. The second-order valence-corrected chi connectivity index (χ2v) is 15.6. The van der Waals surface area contributed by atoms with E-state index in [1.165, 1.54) is 24.2 Å². The summed E-state index contributed by atoms with van der Waals surface area (Å²) in [6, 6.07) is 15.4. The number of nitrogens with zero attached hydrogens (tertiary/aromatic N) is 4. The molecule has 0 aromatic heterocycles. The summed E-state index contributed by atoms with van der Waals surface area (Å²) in [5.41, 5.74) is 3.76. The maximum Gasteiger partial charge on any atom is 0.416 e. The van der Waals surface area contributed by atoms with Crippen molar-refractivity contribution in [3.8, 4) is 17.2 Å². The molecular formula is C45H48N4O10. The van der Waals surface area contributed by atoms with Gasteiger partial charge in [-0.25, -0.2) is 14.5 Å². The molecule has 2 fully saturated rings. The van der Waals surface area contributed by atoms with Crippen LogP contribution in [0, 0.1) is 12.3 Å². The molecule has 4 aliphatic heterocycles. The van der Waals surface area contributed by atoms with Gasteiger partial charge in [0.1, 0.15) is 19.0 Å². The fraction of sp³-hybridized carbons (Fsp3) is 0.378. The Balaban J connectivity index is 0.997. The fourth-order valence-corrected chi connectivity index (χ4v) is 8.57. The Hall–Kier alpha value is -6.28. The van der Waals surface area contributed by atoms with Crippen LogP contribution in [-0.4, -0.2) is 104 Å². The highest BCUT2D eigenvalue weighted by molar-refractivity contribution is 6.07. The average molecular weight is 805 g/mol. The van der Waals surface area contributed by atoms with Gasteiger partial charge in [0.25, 0.3) is 11.8 Å². The lowest BCUT2D eigenvalue weighted by Gasteiger charge is -2.31. The molecule has 4 heterocycles. The first-order chi connectivity index (χ1) is 28.6. The number of aliphatic hydroxyl groups excluding tert-OH is 1. The van der Waals surface area contributed by atoms with Crippen molar-refractivity contribution in [1.29, 1.82) is 0 Å². The van der Waals surface area contributed by atoms with Crippen molar-refractivity contribution >= 4 is 40.9 Å². The molecule has 1 spiro atoms. The van der Waals surface area contributed by atoms with Crippen LogP contribution in [-0.2, 0) is 9.47 Å². The molecule has 1 aliphatic carbocycles. The standard InChI is InChI=1S/C45H48N4O10/c1-5-15-58-43(53)47-26-31-20-30(29-11-8-7-9-12-29)25-46(31)40(50)33-21-38(55-4)39(22-34(33)47)57-18-10-17-56-37-23-35-32(19-28(37)3)41(51)48-27-45(13-14-45)24-36(48)42(52)49(35)44(54)59-16-6-2/h5-9,11-12,19,21-23,25,31,36,42,52H,1-2,10,13-18,20,24,26-27H2,3-4H3/t31-,36-,42?/m0/s1. The molecule has 1 N–H and O–H groups in total. The van der Waals surface area contributed by atoms with Gasteiger partial charge in [0.05, 0.1) is 61.5 Å². The number of fused-ring (bicyclic) bond motifs is 4. The van der Waals surface area contributed by atoms with Crippen molar-refractivity contribution in [3.05, 3.63) is 108 Å². The Kier molecular flexibility index (Phi) is 10.8. The molecule has 3 aromatic carbocycles. The zero-order valence-corrected chi connectivity index (χ0v) is 33.3. The number of aliphatic hydroxyl groups is 1. The Morgan fingerprint density at radius 1 is 0.881 bits per heavy atom. The molecule has 308 valence electrons. The molecule has 1 unspecified atom stereocenters. The van der Waals surface area contributed by atoms with Crippen molar-refractivity contribution in [2.45, 2.75) is 57.3 Å². The fourth-order valence-electron chi connectivity index (χ4n) is 8.57. The average Bonchev–Trinajstić information content (AvgIpc) is 3.75. The van der Waals surface area contributed by atoms with Gasteiger partial charge in [-0.3, -0.25) is 14.5 Å². The molecule has 8 rings (SSSR count). The Labute approximate surface area is 342 Å². The van der Waals surface area contributed by atoms with Crippen LogP contribution in [0.1, 0.15) is 63.9 Å². The summed E-state index contributed by atoms with van der Waals surface area (Å²) >= 11 is 0. The van der Waals surface area contributed by atoms with E-state index in [2.05, 4.69) is 13.2 Å². The van der Waals surface area contributed by atoms with Gasteiger partial charge in [0, 0.05) is 31.3 Å². The molecule has 0 bridgehead atoms. The molecule has 0 radical (unpaired) electrons. The molecule has 4 amide bonds. The normalized spacial score (nSPS) is 21.0. The minimum atomic E-state index is -1.31. The van der Waals surface area contributed by atoms with Crippen molar-refractivity contribution in [3.63, 3.8) is 0 Å². The van der Waals surface area contributed by atoms with Crippen LogP contribution in [0.2, 0.25) is 0 Å². The highest BCUT2D eigenvalue weighted by Crippen LogP contribution is 2.56. The number of aryl methyl sites for hydroxylation is 1. The van der Waals surface area contributed by atoms with Crippen molar-refractivity contribution in [2.75, 3.05) is 56.4 Å². The van der Waals surface area contributed by atoms with Gasteiger partial charge in [-0.05, 0) is 66.9 Å². The van der Waals surface area contributed by atoms with Crippen molar-refractivity contribution in [2.24, 2.45) is 5.41 Å². The Bertz CT molecular complexity index is 2220. The van der Waals surface area contributed by atoms with Gasteiger partial charge in [-0.1, -0.05) is 55.6 Å². The van der Waals surface area contributed by atoms with E-state index in [0.717, 1.165) is 28.9 Å². The highest BCUT2D eigenvalue weighted by Gasteiger charge is 2.58. The smallest absolute Gasteiger partial charge is 0.416 e. The summed E-state index contributed by atoms with van der Waals surface area (Å²) in [5.74, 6) is 0.527. The number of hydrogen-bond acceptors (Lipinski definition) is 10. The number of carbonyl (C=O) groups excluding carboxylic acids is 4. The number of carbonyl (C=O) groups is 4. The number of anilines is 2. The first-order valence-corrected chi connectivity index (χ1v) is 19.9. The van der Waals surface area contributed by atoms with E-state index >= 15 is 0 Å². The van der Waals surface area contributed by atoms with Gasteiger partial charge in [-0.2, -0.15) is 0 Å². The van der Waals surface area contributed by atoms with Crippen LogP contribution in [0.5, 0.6) is 17.2 Å². The van der Waals surface area contributed by atoms with Gasteiger partial charge < -0.3 is 38.6 Å². The van der Waals surface area contributed by atoms with Crippen LogP contribution >= 0.6 is 0 Å². The van der Waals surface area contributed by atoms with Crippen molar-refractivity contribution < 1.29 is 48.0 Å².